The maximum absolute atomic E-state index is 4.89. The summed E-state index contributed by atoms with van der Waals surface area (Å²) >= 11 is 0. The van der Waals surface area contributed by atoms with Crippen molar-refractivity contribution in [2.24, 2.45) is 9.98 Å². The molecule has 0 bridgehead atoms. The molecular formula is C16H28N2. The molecule has 0 amide bonds. The molecule has 2 aliphatic carbocycles. The Labute approximate surface area is 112 Å². The first-order valence-electron chi connectivity index (χ1n) is 7.85. The topological polar surface area (TPSA) is 24.7 Å². The number of hydrogen-bond acceptors (Lipinski definition) is 2. The molecule has 18 heavy (non-hydrogen) atoms. The molecule has 0 radical (unpaired) electrons. The average Bonchev–Trinajstić information content (AvgIpc) is 2.41. The average molecular weight is 248 g/mol. The van der Waals surface area contributed by atoms with Gasteiger partial charge >= 0.3 is 0 Å². The molecule has 2 heteroatoms. The van der Waals surface area contributed by atoms with Crippen LogP contribution in [-0.4, -0.2) is 23.5 Å². The van der Waals surface area contributed by atoms with Crippen LogP contribution < -0.4 is 0 Å². The van der Waals surface area contributed by atoms with Crippen LogP contribution >= 0.6 is 0 Å². The molecule has 2 fully saturated rings. The summed E-state index contributed by atoms with van der Waals surface area (Å²) in [6.07, 6.45) is 13.4. The van der Waals surface area contributed by atoms with E-state index < -0.39 is 0 Å². The van der Waals surface area contributed by atoms with E-state index in [9.17, 15) is 0 Å². The van der Waals surface area contributed by atoms with E-state index in [0.717, 1.165) is 0 Å². The summed E-state index contributed by atoms with van der Waals surface area (Å²) in [5.41, 5.74) is 2.37. The Bertz CT molecular complexity index is 273. The lowest BCUT2D eigenvalue weighted by atomic mass is 9.95. The van der Waals surface area contributed by atoms with Gasteiger partial charge in [0.2, 0.25) is 0 Å². The first-order chi connectivity index (χ1) is 8.75. The highest BCUT2D eigenvalue weighted by atomic mass is 14.9. The summed E-state index contributed by atoms with van der Waals surface area (Å²) in [5, 5.41) is 0. The maximum Gasteiger partial charge on any atom is 0.0528 e. The molecule has 2 saturated carbocycles. The Hall–Kier alpha value is -0.660. The molecule has 0 N–H and O–H groups in total. The lowest BCUT2D eigenvalue weighted by Gasteiger charge is -2.20. The minimum Gasteiger partial charge on any atom is -0.285 e. The van der Waals surface area contributed by atoms with Gasteiger partial charge in [0.05, 0.1) is 23.5 Å². The lowest BCUT2D eigenvalue weighted by molar-refractivity contribution is 0.442. The summed E-state index contributed by atoms with van der Waals surface area (Å²) in [4.78, 5) is 9.77. The van der Waals surface area contributed by atoms with Gasteiger partial charge in [-0.2, -0.15) is 0 Å². The lowest BCUT2D eigenvalue weighted by Crippen LogP contribution is -2.18. The third kappa shape index (κ3) is 4.22. The highest BCUT2D eigenvalue weighted by Crippen LogP contribution is 2.22. The highest BCUT2D eigenvalue weighted by Gasteiger charge is 2.14. The van der Waals surface area contributed by atoms with Crippen LogP contribution in [0.25, 0.3) is 0 Å². The Kier molecular flexibility index (Phi) is 5.40. The SMILES string of the molecule is CC(=N/C1CCCCC1)/C(C)=N\C1CCCCC1. The fourth-order valence-electron chi connectivity index (χ4n) is 3.15. The minimum absolute atomic E-state index is 0.579. The molecular weight excluding hydrogens is 220 g/mol. The molecule has 2 aliphatic rings. The van der Waals surface area contributed by atoms with Crippen LogP contribution in [0.2, 0.25) is 0 Å². The van der Waals surface area contributed by atoms with E-state index in [1.54, 1.807) is 0 Å². The molecule has 0 aromatic rings. The Morgan fingerprint density at radius 2 is 0.944 bits per heavy atom. The summed E-state index contributed by atoms with van der Waals surface area (Å²) < 4.78 is 0. The second kappa shape index (κ2) is 7.06. The molecule has 102 valence electrons. The molecule has 0 saturated heterocycles. The van der Waals surface area contributed by atoms with Gasteiger partial charge < -0.3 is 0 Å². The number of rotatable bonds is 3. The highest BCUT2D eigenvalue weighted by molar-refractivity contribution is 6.40. The zero-order valence-electron chi connectivity index (χ0n) is 12.1. The van der Waals surface area contributed by atoms with E-state index in [0.29, 0.717) is 12.1 Å². The van der Waals surface area contributed by atoms with E-state index >= 15 is 0 Å². The van der Waals surface area contributed by atoms with Gasteiger partial charge in [0.15, 0.2) is 0 Å². The second-order valence-corrected chi connectivity index (χ2v) is 6.01. The van der Waals surface area contributed by atoms with Crippen LogP contribution in [0.3, 0.4) is 0 Å². The summed E-state index contributed by atoms with van der Waals surface area (Å²) in [7, 11) is 0. The standard InChI is InChI=1S/C16H28N2/c1-13(17-15-9-5-3-6-10-15)14(2)18-16-11-7-4-8-12-16/h15-16H,3-12H2,1-2H3/b17-13-,18-14-. The van der Waals surface area contributed by atoms with E-state index in [4.69, 9.17) is 9.98 Å². The van der Waals surface area contributed by atoms with Gasteiger partial charge in [-0.25, -0.2) is 0 Å². The summed E-state index contributed by atoms with van der Waals surface area (Å²) in [6.45, 7) is 4.30. The molecule has 0 aromatic carbocycles. The quantitative estimate of drug-likeness (QED) is 0.653. The number of aliphatic imine (C=N–C) groups is 2. The smallest absolute Gasteiger partial charge is 0.0528 e. The zero-order chi connectivity index (χ0) is 12.8. The van der Waals surface area contributed by atoms with E-state index in [1.807, 2.05) is 0 Å². The van der Waals surface area contributed by atoms with Crippen LogP contribution in [0, 0.1) is 0 Å². The third-order valence-electron chi connectivity index (χ3n) is 4.43. The Morgan fingerprint density at radius 1 is 0.611 bits per heavy atom. The Morgan fingerprint density at radius 3 is 1.28 bits per heavy atom. The monoisotopic (exact) mass is 248 g/mol. The van der Waals surface area contributed by atoms with Crippen LogP contribution in [0.5, 0.6) is 0 Å². The van der Waals surface area contributed by atoms with Crippen molar-refractivity contribution in [3.05, 3.63) is 0 Å². The molecule has 0 heterocycles. The molecule has 0 aliphatic heterocycles. The van der Waals surface area contributed by atoms with Crippen molar-refractivity contribution < 1.29 is 0 Å². The van der Waals surface area contributed by atoms with Crippen LogP contribution in [0.4, 0.5) is 0 Å². The fourth-order valence-corrected chi connectivity index (χ4v) is 3.15. The largest absolute Gasteiger partial charge is 0.285 e. The first-order valence-corrected chi connectivity index (χ1v) is 7.85. The molecule has 0 aromatic heterocycles. The third-order valence-corrected chi connectivity index (χ3v) is 4.43. The van der Waals surface area contributed by atoms with E-state index in [1.165, 1.54) is 75.6 Å². The van der Waals surface area contributed by atoms with Gasteiger partial charge in [-0.05, 0) is 39.5 Å². The van der Waals surface area contributed by atoms with Crippen molar-refractivity contribution >= 4 is 11.4 Å². The van der Waals surface area contributed by atoms with Crippen LogP contribution in [0.1, 0.15) is 78.1 Å². The van der Waals surface area contributed by atoms with Crippen molar-refractivity contribution in [1.29, 1.82) is 0 Å². The van der Waals surface area contributed by atoms with E-state index in [-0.39, 0.29) is 0 Å². The predicted molar refractivity (Wildman–Crippen MR) is 80.0 cm³/mol. The van der Waals surface area contributed by atoms with Gasteiger partial charge in [0.25, 0.3) is 0 Å². The number of hydrogen-bond donors (Lipinski definition) is 0. The zero-order valence-corrected chi connectivity index (χ0v) is 12.1. The molecule has 0 atom stereocenters. The van der Waals surface area contributed by atoms with Crippen molar-refractivity contribution in [2.45, 2.75) is 90.1 Å². The molecule has 0 unspecified atom stereocenters. The van der Waals surface area contributed by atoms with Gasteiger partial charge in [-0.3, -0.25) is 9.98 Å². The van der Waals surface area contributed by atoms with Crippen molar-refractivity contribution in [3.8, 4) is 0 Å². The first kappa shape index (κ1) is 13.8. The molecule has 0 spiro atoms. The molecule has 2 nitrogen and oxygen atoms in total. The maximum atomic E-state index is 4.89. The van der Waals surface area contributed by atoms with E-state index in [2.05, 4.69) is 13.8 Å². The summed E-state index contributed by atoms with van der Waals surface area (Å²) in [6, 6.07) is 1.16. The fraction of sp³-hybridized carbons (Fsp3) is 0.875. The van der Waals surface area contributed by atoms with Gasteiger partial charge in [0.1, 0.15) is 0 Å². The second-order valence-electron chi connectivity index (χ2n) is 6.01. The molecule has 2 rings (SSSR count). The summed E-state index contributed by atoms with van der Waals surface area (Å²) in [5.74, 6) is 0. The van der Waals surface area contributed by atoms with Crippen LogP contribution in [-0.2, 0) is 0 Å². The minimum atomic E-state index is 0.579. The Balaban J connectivity index is 1.91. The van der Waals surface area contributed by atoms with Gasteiger partial charge in [-0.15, -0.1) is 0 Å². The van der Waals surface area contributed by atoms with Crippen molar-refractivity contribution in [2.75, 3.05) is 0 Å². The predicted octanol–water partition coefficient (Wildman–Crippen LogP) is 4.57. The van der Waals surface area contributed by atoms with Crippen molar-refractivity contribution in [3.63, 3.8) is 0 Å². The number of nitrogens with zero attached hydrogens (tertiary/aromatic N) is 2. The van der Waals surface area contributed by atoms with Gasteiger partial charge in [0, 0.05) is 0 Å². The van der Waals surface area contributed by atoms with Crippen LogP contribution in [0.15, 0.2) is 9.98 Å². The van der Waals surface area contributed by atoms with Crippen molar-refractivity contribution in [1.82, 2.24) is 0 Å². The normalized spacial score (nSPS) is 25.4. The van der Waals surface area contributed by atoms with Gasteiger partial charge in [-0.1, -0.05) is 38.5 Å².